The van der Waals surface area contributed by atoms with Gasteiger partial charge in [-0.2, -0.15) is 0 Å². The highest BCUT2D eigenvalue weighted by Crippen LogP contribution is 2.13. The fraction of sp³-hybridized carbons (Fsp3) is 1.00. The highest BCUT2D eigenvalue weighted by atomic mass is 16.7. The lowest BCUT2D eigenvalue weighted by molar-refractivity contribution is -0.803. The first-order valence-electron chi connectivity index (χ1n) is 5.56. The predicted octanol–water partition coefficient (Wildman–Crippen LogP) is -2.54. The predicted molar refractivity (Wildman–Crippen MR) is 64.4 cm³/mol. The topological polar surface area (TPSA) is 231 Å². The molecular formula is C7H12N4O12. The summed E-state index contributed by atoms with van der Waals surface area (Å²) in [5.41, 5.74) is -6.13. The quantitative estimate of drug-likeness (QED) is 0.161. The van der Waals surface area contributed by atoms with Crippen LogP contribution in [0.1, 0.15) is 0 Å². The molecule has 0 fully saturated rings. The number of nitro groups is 4. The molecule has 0 spiro atoms. The maximum absolute atomic E-state index is 10.6. The van der Waals surface area contributed by atoms with Gasteiger partial charge in [0.05, 0.1) is 0 Å². The number of rotatable bonds is 12. The molecule has 0 bridgehead atoms. The molecule has 0 aromatic rings. The van der Waals surface area contributed by atoms with Crippen molar-refractivity contribution in [1.82, 2.24) is 0 Å². The van der Waals surface area contributed by atoms with Crippen molar-refractivity contribution >= 4 is 0 Å². The smallest absolute Gasteiger partial charge is 0.382 e. The summed E-state index contributed by atoms with van der Waals surface area (Å²) in [7, 11) is 0. The minimum atomic E-state index is -3.07. The number of nitrogens with zero attached hydrogens (tertiary/aromatic N) is 4. The summed E-state index contributed by atoms with van der Waals surface area (Å²) in [5.74, 6) is 0. The highest BCUT2D eigenvalue weighted by molar-refractivity contribution is 4.65. The van der Waals surface area contributed by atoms with Gasteiger partial charge in [-0.1, -0.05) is 0 Å². The number of aliphatic hydroxyl groups is 2. The summed E-state index contributed by atoms with van der Waals surface area (Å²) in [6.07, 6.45) is 0. The lowest BCUT2D eigenvalue weighted by Crippen LogP contribution is -2.54. The van der Waals surface area contributed by atoms with Gasteiger partial charge in [0.2, 0.25) is 0 Å². The molecule has 0 atom stereocenters. The Morgan fingerprint density at radius 3 is 1.13 bits per heavy atom. The number of aliphatic hydroxyl groups excluding tert-OH is 2. The van der Waals surface area contributed by atoms with E-state index in [1.807, 2.05) is 0 Å². The van der Waals surface area contributed by atoms with Crippen molar-refractivity contribution in [2.75, 3.05) is 33.2 Å². The third kappa shape index (κ3) is 4.22. The van der Waals surface area contributed by atoms with Crippen molar-refractivity contribution in [3.63, 3.8) is 0 Å². The molecule has 2 N–H and O–H groups in total. The van der Waals surface area contributed by atoms with Gasteiger partial charge in [-0.05, 0) is 0 Å². The average molecular weight is 344 g/mol. The van der Waals surface area contributed by atoms with Crippen LogP contribution in [-0.2, 0) is 9.47 Å². The molecule has 0 aliphatic carbocycles. The van der Waals surface area contributed by atoms with Gasteiger partial charge in [-0.15, -0.1) is 0 Å². The number of hydrogen-bond donors (Lipinski definition) is 2. The molecule has 0 unspecified atom stereocenters. The van der Waals surface area contributed by atoms with Crippen molar-refractivity contribution in [1.29, 1.82) is 0 Å². The van der Waals surface area contributed by atoms with Crippen molar-refractivity contribution in [3.8, 4) is 0 Å². The van der Waals surface area contributed by atoms with Gasteiger partial charge in [0, 0.05) is 0 Å². The Labute approximate surface area is 125 Å². The Morgan fingerprint density at radius 1 is 0.696 bits per heavy atom. The lowest BCUT2D eigenvalue weighted by atomic mass is 10.2. The van der Waals surface area contributed by atoms with E-state index < -0.39 is 64.2 Å². The third-order valence-electron chi connectivity index (χ3n) is 2.70. The summed E-state index contributed by atoms with van der Waals surface area (Å²) in [6, 6.07) is 0. The van der Waals surface area contributed by atoms with Crippen LogP contribution in [0.15, 0.2) is 0 Å². The molecular weight excluding hydrogens is 332 g/mol. The minimum absolute atomic E-state index is 1.02. The molecule has 0 aromatic carbocycles. The second-order valence-corrected chi connectivity index (χ2v) is 4.12. The van der Waals surface area contributed by atoms with E-state index in [4.69, 9.17) is 10.2 Å². The summed E-state index contributed by atoms with van der Waals surface area (Å²) in [5, 5.41) is 60.0. The van der Waals surface area contributed by atoms with Crippen LogP contribution in [0.5, 0.6) is 0 Å². The molecule has 16 nitrogen and oxygen atoms in total. The summed E-state index contributed by atoms with van der Waals surface area (Å²) in [4.78, 5) is 36.8. The van der Waals surface area contributed by atoms with E-state index in [9.17, 15) is 40.5 Å². The molecule has 23 heavy (non-hydrogen) atoms. The molecule has 0 saturated carbocycles. The monoisotopic (exact) mass is 344 g/mol. The summed E-state index contributed by atoms with van der Waals surface area (Å²) >= 11 is 0. The van der Waals surface area contributed by atoms with Crippen molar-refractivity contribution in [3.05, 3.63) is 40.5 Å². The van der Waals surface area contributed by atoms with Crippen LogP contribution in [0.2, 0.25) is 0 Å². The van der Waals surface area contributed by atoms with Crippen molar-refractivity contribution < 1.29 is 39.4 Å². The largest absolute Gasteiger partial charge is 0.502 e. The first-order valence-corrected chi connectivity index (χ1v) is 5.56. The van der Waals surface area contributed by atoms with E-state index in [1.54, 1.807) is 0 Å². The van der Waals surface area contributed by atoms with Crippen LogP contribution in [0, 0.1) is 40.5 Å². The van der Waals surface area contributed by atoms with Crippen LogP contribution in [0.4, 0.5) is 0 Å². The van der Waals surface area contributed by atoms with Gasteiger partial charge in [-0.3, -0.25) is 40.5 Å². The second kappa shape index (κ2) is 8.17. The minimum Gasteiger partial charge on any atom is -0.382 e. The molecule has 0 aliphatic heterocycles. The third-order valence-corrected chi connectivity index (χ3v) is 2.70. The van der Waals surface area contributed by atoms with Crippen molar-refractivity contribution in [2.24, 2.45) is 0 Å². The Bertz CT molecular complexity index is 410. The first kappa shape index (κ1) is 20.4. The normalized spacial score (nSPS) is 11.9. The van der Waals surface area contributed by atoms with E-state index in [0.29, 0.717) is 0 Å². The molecule has 0 heterocycles. The molecule has 0 saturated heterocycles. The Morgan fingerprint density at radius 2 is 0.957 bits per heavy atom. The summed E-state index contributed by atoms with van der Waals surface area (Å²) in [6.45, 7) is -6.54. The Kier molecular flexibility index (Phi) is 7.26. The number of ether oxygens (including phenoxy) is 2. The molecule has 0 aliphatic rings. The van der Waals surface area contributed by atoms with Crippen LogP contribution >= 0.6 is 0 Å². The molecule has 0 amide bonds. The van der Waals surface area contributed by atoms with E-state index in [-0.39, 0.29) is 0 Å². The van der Waals surface area contributed by atoms with Crippen LogP contribution in [0.3, 0.4) is 0 Å². The molecule has 132 valence electrons. The van der Waals surface area contributed by atoms with Gasteiger partial charge in [-0.25, -0.2) is 0 Å². The molecule has 0 radical (unpaired) electrons. The van der Waals surface area contributed by atoms with Gasteiger partial charge in [0.15, 0.2) is 26.4 Å². The van der Waals surface area contributed by atoms with E-state index in [2.05, 4.69) is 9.47 Å². The fourth-order valence-corrected chi connectivity index (χ4v) is 1.14. The Hall–Kier alpha value is -2.56. The van der Waals surface area contributed by atoms with E-state index >= 15 is 0 Å². The van der Waals surface area contributed by atoms with E-state index in [0.717, 1.165) is 0 Å². The SMILES string of the molecule is O=[N+]([O-])C(CO)(COCOCC(CO)([N+](=O)[O-])[N+](=O)[O-])[N+](=O)[O-]. The zero-order chi connectivity index (χ0) is 18.3. The first-order chi connectivity index (χ1) is 10.6. The maximum atomic E-state index is 10.6. The van der Waals surface area contributed by atoms with Crippen LogP contribution in [0.25, 0.3) is 0 Å². The standard InChI is InChI=1S/C7H12N4O12/c12-1-6(8(14)15,9(16)17)3-22-5-23-4-7(2-13,10(18)19)11(20)21/h12-13H,1-5H2. The van der Waals surface area contributed by atoms with E-state index in [1.165, 1.54) is 0 Å². The molecule has 0 aromatic heterocycles. The zero-order valence-electron chi connectivity index (χ0n) is 11.3. The van der Waals surface area contributed by atoms with Crippen molar-refractivity contribution in [2.45, 2.75) is 11.3 Å². The lowest BCUT2D eigenvalue weighted by Gasteiger charge is -2.16. The van der Waals surface area contributed by atoms with Crippen LogP contribution in [-0.4, -0.2) is 74.5 Å². The molecule has 16 heteroatoms. The second-order valence-electron chi connectivity index (χ2n) is 4.12. The fourth-order valence-electron chi connectivity index (χ4n) is 1.14. The van der Waals surface area contributed by atoms with Gasteiger partial charge in [0.25, 0.3) is 0 Å². The Balaban J connectivity index is 4.67. The zero-order valence-corrected chi connectivity index (χ0v) is 11.3. The highest BCUT2D eigenvalue weighted by Gasteiger charge is 2.57. The maximum Gasteiger partial charge on any atom is 0.502 e. The molecule has 0 rings (SSSR count). The van der Waals surface area contributed by atoms with Crippen LogP contribution < -0.4 is 0 Å². The van der Waals surface area contributed by atoms with Gasteiger partial charge in [0.1, 0.15) is 26.5 Å². The van der Waals surface area contributed by atoms with Gasteiger partial charge >= 0.3 is 11.3 Å². The average Bonchev–Trinajstić information content (AvgIpc) is 2.45. The van der Waals surface area contributed by atoms with Gasteiger partial charge < -0.3 is 19.7 Å². The summed E-state index contributed by atoms with van der Waals surface area (Å²) < 4.78 is 8.84. The number of hydrogen-bond acceptors (Lipinski definition) is 12.